The fraction of sp³-hybridized carbons (Fsp3) is 0.818. The molecule has 0 heterocycles. The molecule has 0 aliphatic rings. The van der Waals surface area contributed by atoms with Gasteiger partial charge in [0.15, 0.2) is 0 Å². The molecule has 0 bridgehead atoms. The SMILES string of the molecule is CCCC/C=C\C/C=C\CCCCCCCCOCC(COP(=O)(O)OCC(N)C(=O)O)OC(=O)CCCCCCCCC. The van der Waals surface area contributed by atoms with Gasteiger partial charge in [-0.1, -0.05) is 115 Å². The van der Waals surface area contributed by atoms with E-state index < -0.39 is 45.1 Å². The molecule has 0 aromatic carbocycles. The topological polar surface area (TPSA) is 155 Å². The van der Waals surface area contributed by atoms with Crippen LogP contribution in [-0.2, 0) is 32.7 Å². The monoisotopic (exact) mass is 647 g/mol. The van der Waals surface area contributed by atoms with Crippen molar-refractivity contribution in [3.63, 3.8) is 0 Å². The number of carbonyl (C=O) groups is 2. The number of unbranched alkanes of at least 4 members (excludes halogenated alkanes) is 14. The molecule has 0 aromatic heterocycles. The smallest absolute Gasteiger partial charge is 0.472 e. The summed E-state index contributed by atoms with van der Waals surface area (Å²) in [6.07, 6.45) is 28.2. The molecule has 0 saturated heterocycles. The van der Waals surface area contributed by atoms with Crippen LogP contribution in [0.25, 0.3) is 0 Å². The minimum absolute atomic E-state index is 0.0114. The maximum absolute atomic E-state index is 12.4. The lowest BCUT2D eigenvalue weighted by Crippen LogP contribution is -2.34. The molecule has 0 aliphatic carbocycles. The van der Waals surface area contributed by atoms with E-state index in [1.165, 1.54) is 57.8 Å². The number of ether oxygens (including phenoxy) is 2. The summed E-state index contributed by atoms with van der Waals surface area (Å²) in [5, 5.41) is 8.82. The number of esters is 1. The third kappa shape index (κ3) is 29.2. The van der Waals surface area contributed by atoms with Gasteiger partial charge in [0.1, 0.15) is 12.1 Å². The Hall–Kier alpha value is -1.55. The highest BCUT2D eigenvalue weighted by Gasteiger charge is 2.27. The zero-order chi connectivity index (χ0) is 32.7. The van der Waals surface area contributed by atoms with E-state index in [0.29, 0.717) is 13.0 Å². The number of hydrogen-bond acceptors (Lipinski definition) is 8. The van der Waals surface area contributed by atoms with Gasteiger partial charge >= 0.3 is 19.8 Å². The number of carboxylic acid groups (broad SMARTS) is 1. The van der Waals surface area contributed by atoms with Gasteiger partial charge < -0.3 is 25.2 Å². The van der Waals surface area contributed by atoms with Crippen LogP contribution in [0.15, 0.2) is 24.3 Å². The molecule has 11 heteroatoms. The molecule has 0 aromatic rings. The normalized spacial score (nSPS) is 14.6. The van der Waals surface area contributed by atoms with Gasteiger partial charge in [0.05, 0.1) is 19.8 Å². The molecule has 258 valence electrons. The minimum atomic E-state index is -4.60. The Morgan fingerprint density at radius 3 is 1.91 bits per heavy atom. The summed E-state index contributed by atoms with van der Waals surface area (Å²) in [5.74, 6) is -1.79. The Labute approximate surface area is 266 Å². The first-order valence-electron chi connectivity index (χ1n) is 16.9. The van der Waals surface area contributed by atoms with Crippen molar-refractivity contribution >= 4 is 19.8 Å². The van der Waals surface area contributed by atoms with Crippen molar-refractivity contribution < 1.29 is 42.7 Å². The summed E-state index contributed by atoms with van der Waals surface area (Å²) in [4.78, 5) is 33.1. The lowest BCUT2D eigenvalue weighted by molar-refractivity contribution is -0.154. The van der Waals surface area contributed by atoms with E-state index >= 15 is 0 Å². The number of phosphoric acid groups is 1. The van der Waals surface area contributed by atoms with Crippen molar-refractivity contribution in [1.82, 2.24) is 0 Å². The van der Waals surface area contributed by atoms with Crippen molar-refractivity contribution in [2.75, 3.05) is 26.4 Å². The molecule has 0 saturated carbocycles. The van der Waals surface area contributed by atoms with Gasteiger partial charge in [0.2, 0.25) is 0 Å². The van der Waals surface area contributed by atoms with Gasteiger partial charge in [-0.2, -0.15) is 0 Å². The standard InChI is InChI=1S/C33H62NO9P/c1-3-5-7-9-11-12-13-14-15-16-17-18-20-22-24-26-40-27-30(28-41-44(38,39)42-29-31(34)33(36)37)43-32(35)25-23-21-19-10-8-6-4-2/h9,11,13-14,30-31H,3-8,10,12,15-29,34H2,1-2H3,(H,36,37)(H,38,39)/b11-9-,14-13-. The molecular weight excluding hydrogens is 585 g/mol. The van der Waals surface area contributed by atoms with Crippen molar-refractivity contribution in [2.45, 2.75) is 148 Å². The van der Waals surface area contributed by atoms with Gasteiger partial charge in [0, 0.05) is 13.0 Å². The molecular formula is C33H62NO9P. The number of carbonyl (C=O) groups excluding carboxylic acids is 1. The lowest BCUT2D eigenvalue weighted by Gasteiger charge is -2.20. The van der Waals surface area contributed by atoms with E-state index in [4.69, 9.17) is 24.8 Å². The maximum atomic E-state index is 12.4. The minimum Gasteiger partial charge on any atom is -0.480 e. The highest BCUT2D eigenvalue weighted by atomic mass is 31.2. The third-order valence-corrected chi connectivity index (χ3v) is 7.93. The Balaban J connectivity index is 4.30. The quantitative estimate of drug-likeness (QED) is 0.0283. The molecule has 3 atom stereocenters. The van der Waals surface area contributed by atoms with Crippen LogP contribution in [0, 0.1) is 0 Å². The summed E-state index contributed by atoms with van der Waals surface area (Å²) in [6, 6.07) is -1.47. The molecule has 4 N–H and O–H groups in total. The van der Waals surface area contributed by atoms with Crippen LogP contribution in [0.3, 0.4) is 0 Å². The van der Waals surface area contributed by atoms with Crippen LogP contribution in [0.1, 0.15) is 136 Å². The van der Waals surface area contributed by atoms with Crippen LogP contribution in [0.4, 0.5) is 0 Å². The van der Waals surface area contributed by atoms with Crippen LogP contribution < -0.4 is 5.73 Å². The average molecular weight is 648 g/mol. The van der Waals surface area contributed by atoms with E-state index in [1.807, 2.05) is 0 Å². The molecule has 0 aliphatic heterocycles. The van der Waals surface area contributed by atoms with Gasteiger partial charge in [-0.15, -0.1) is 0 Å². The fourth-order valence-corrected chi connectivity index (χ4v) is 5.04. The van der Waals surface area contributed by atoms with Crippen LogP contribution in [0.5, 0.6) is 0 Å². The zero-order valence-corrected chi connectivity index (χ0v) is 28.4. The fourth-order valence-electron chi connectivity index (χ4n) is 4.26. The third-order valence-electron chi connectivity index (χ3n) is 6.98. The second-order valence-corrected chi connectivity index (χ2v) is 12.7. The Morgan fingerprint density at radius 2 is 1.27 bits per heavy atom. The zero-order valence-electron chi connectivity index (χ0n) is 27.5. The van der Waals surface area contributed by atoms with E-state index in [-0.39, 0.29) is 13.0 Å². The van der Waals surface area contributed by atoms with Crippen molar-refractivity contribution in [3.05, 3.63) is 24.3 Å². The second-order valence-electron chi connectivity index (χ2n) is 11.3. The maximum Gasteiger partial charge on any atom is 0.472 e. The summed E-state index contributed by atoms with van der Waals surface area (Å²) < 4.78 is 33.0. The summed E-state index contributed by atoms with van der Waals surface area (Å²) >= 11 is 0. The van der Waals surface area contributed by atoms with Crippen LogP contribution in [0.2, 0.25) is 0 Å². The molecule has 0 radical (unpaired) electrons. The Kier molecular flexibility index (Phi) is 29.1. The molecule has 44 heavy (non-hydrogen) atoms. The Bertz CT molecular complexity index is 806. The first-order chi connectivity index (χ1) is 21.2. The van der Waals surface area contributed by atoms with Gasteiger partial charge in [0.25, 0.3) is 0 Å². The van der Waals surface area contributed by atoms with E-state index in [2.05, 4.69) is 42.7 Å². The summed E-state index contributed by atoms with van der Waals surface area (Å²) in [7, 11) is -4.60. The highest BCUT2D eigenvalue weighted by Crippen LogP contribution is 2.43. The predicted molar refractivity (Wildman–Crippen MR) is 175 cm³/mol. The molecule has 0 rings (SSSR count). The largest absolute Gasteiger partial charge is 0.480 e. The molecule has 10 nitrogen and oxygen atoms in total. The Morgan fingerprint density at radius 1 is 0.727 bits per heavy atom. The molecule has 3 unspecified atom stereocenters. The average Bonchev–Trinajstić information content (AvgIpc) is 2.99. The number of allylic oxidation sites excluding steroid dienone is 4. The summed E-state index contributed by atoms with van der Waals surface area (Å²) in [5.41, 5.74) is 5.31. The van der Waals surface area contributed by atoms with E-state index in [0.717, 1.165) is 51.4 Å². The van der Waals surface area contributed by atoms with Crippen molar-refractivity contribution in [1.29, 1.82) is 0 Å². The van der Waals surface area contributed by atoms with Gasteiger partial charge in [-0.05, 0) is 38.5 Å². The van der Waals surface area contributed by atoms with Crippen molar-refractivity contribution in [3.8, 4) is 0 Å². The number of carboxylic acids is 1. The molecule has 0 spiro atoms. The number of nitrogens with two attached hydrogens (primary N) is 1. The first-order valence-corrected chi connectivity index (χ1v) is 18.4. The number of rotatable bonds is 32. The van der Waals surface area contributed by atoms with E-state index in [9.17, 15) is 19.0 Å². The molecule has 0 fully saturated rings. The number of hydrogen-bond donors (Lipinski definition) is 3. The summed E-state index contributed by atoms with van der Waals surface area (Å²) in [6.45, 7) is 3.74. The van der Waals surface area contributed by atoms with Gasteiger partial charge in [-0.25, -0.2) is 4.57 Å². The van der Waals surface area contributed by atoms with Crippen LogP contribution in [-0.4, -0.2) is 60.5 Å². The van der Waals surface area contributed by atoms with Gasteiger partial charge in [-0.3, -0.25) is 18.6 Å². The number of phosphoric ester groups is 1. The second kappa shape index (κ2) is 30.1. The molecule has 0 amide bonds. The van der Waals surface area contributed by atoms with E-state index in [1.54, 1.807) is 0 Å². The van der Waals surface area contributed by atoms with Crippen LogP contribution >= 0.6 is 7.82 Å². The lowest BCUT2D eigenvalue weighted by atomic mass is 10.1. The van der Waals surface area contributed by atoms with Crippen molar-refractivity contribution in [2.24, 2.45) is 5.73 Å². The number of aliphatic carboxylic acids is 1. The first kappa shape index (κ1) is 42.5. The predicted octanol–water partition coefficient (Wildman–Crippen LogP) is 8.02. The highest BCUT2D eigenvalue weighted by molar-refractivity contribution is 7.47.